The van der Waals surface area contributed by atoms with Crippen LogP contribution in [0, 0.1) is 0 Å². The third kappa shape index (κ3) is 2.49. The maximum absolute atomic E-state index is 5.86. The maximum atomic E-state index is 5.86. The Morgan fingerprint density at radius 1 is 1.12 bits per heavy atom. The molecule has 0 N–H and O–H groups in total. The van der Waals surface area contributed by atoms with Crippen molar-refractivity contribution >= 4 is 11.6 Å². The lowest BCUT2D eigenvalue weighted by atomic mass is 10.1. The summed E-state index contributed by atoms with van der Waals surface area (Å²) in [6.07, 6.45) is 2.98. The summed E-state index contributed by atoms with van der Waals surface area (Å²) < 4.78 is 5.63. The molecule has 0 amide bonds. The normalized spacial score (nSPS) is 12.1. The summed E-state index contributed by atoms with van der Waals surface area (Å²) in [6.45, 7) is 1.94. The van der Waals surface area contributed by atoms with Crippen LogP contribution in [0.3, 0.4) is 0 Å². The summed E-state index contributed by atoms with van der Waals surface area (Å²) in [7, 11) is 0. The highest BCUT2D eigenvalue weighted by molar-refractivity contribution is 6.30. The number of hydrogen-bond acceptors (Lipinski definition) is 3. The lowest BCUT2D eigenvalue weighted by Crippen LogP contribution is -2.04. The number of rotatable bonds is 3. The largest absolute Gasteiger partial charge is 0.468 e. The molecule has 0 radical (unpaired) electrons. The van der Waals surface area contributed by atoms with Gasteiger partial charge < -0.3 is 4.74 Å². The molecule has 3 nitrogen and oxygen atoms in total. The van der Waals surface area contributed by atoms with Crippen LogP contribution in [0.2, 0.25) is 5.15 Å². The molecule has 0 saturated carbocycles. The average molecular weight is 235 g/mol. The Kier molecular flexibility index (Phi) is 3.37. The average Bonchev–Trinajstić information content (AvgIpc) is 2.33. The molecule has 2 aromatic rings. The van der Waals surface area contributed by atoms with Gasteiger partial charge in [-0.05, 0) is 12.5 Å². The molecule has 0 bridgehead atoms. The van der Waals surface area contributed by atoms with Crippen LogP contribution < -0.4 is 4.74 Å². The predicted octanol–water partition coefficient (Wildman–Crippen LogP) is 3.27. The highest BCUT2D eigenvalue weighted by Gasteiger charge is 2.10. The van der Waals surface area contributed by atoms with Gasteiger partial charge in [0.25, 0.3) is 5.88 Å². The van der Waals surface area contributed by atoms with Gasteiger partial charge in [0, 0.05) is 12.4 Å². The highest BCUT2D eigenvalue weighted by atomic mass is 35.5. The van der Waals surface area contributed by atoms with Crippen LogP contribution in [0.25, 0.3) is 0 Å². The van der Waals surface area contributed by atoms with Crippen molar-refractivity contribution in [1.82, 2.24) is 9.97 Å². The number of nitrogens with zero attached hydrogens (tertiary/aromatic N) is 2. The molecular weight excluding hydrogens is 224 g/mol. The van der Waals surface area contributed by atoms with Crippen LogP contribution in [-0.4, -0.2) is 9.97 Å². The van der Waals surface area contributed by atoms with E-state index in [9.17, 15) is 0 Å². The molecule has 0 fully saturated rings. The molecule has 0 aliphatic carbocycles. The summed E-state index contributed by atoms with van der Waals surface area (Å²) >= 11 is 5.86. The molecule has 1 unspecified atom stereocenters. The topological polar surface area (TPSA) is 35.0 Å². The van der Waals surface area contributed by atoms with E-state index in [4.69, 9.17) is 16.3 Å². The standard InChI is InChI=1S/C12H11ClN2O/c1-9(10-5-3-2-4-6-10)16-12-11(13)14-7-8-15-12/h2-9H,1H3. The molecule has 2 rings (SSSR count). The molecule has 0 saturated heterocycles. The van der Waals surface area contributed by atoms with Crippen molar-refractivity contribution in [1.29, 1.82) is 0 Å². The molecule has 16 heavy (non-hydrogen) atoms. The van der Waals surface area contributed by atoms with Gasteiger partial charge in [-0.1, -0.05) is 41.9 Å². The van der Waals surface area contributed by atoms with Gasteiger partial charge in [-0.3, -0.25) is 0 Å². The predicted molar refractivity (Wildman–Crippen MR) is 62.5 cm³/mol. The summed E-state index contributed by atoms with van der Waals surface area (Å²) in [5.41, 5.74) is 1.07. The summed E-state index contributed by atoms with van der Waals surface area (Å²) in [4.78, 5) is 7.93. The molecule has 1 aromatic heterocycles. The minimum atomic E-state index is -0.101. The fraction of sp³-hybridized carbons (Fsp3) is 0.167. The Bertz CT molecular complexity index is 462. The first kappa shape index (κ1) is 10.9. The molecule has 82 valence electrons. The van der Waals surface area contributed by atoms with Crippen LogP contribution in [0.1, 0.15) is 18.6 Å². The highest BCUT2D eigenvalue weighted by Crippen LogP contribution is 2.24. The molecule has 1 atom stereocenters. The van der Waals surface area contributed by atoms with E-state index in [1.807, 2.05) is 37.3 Å². The van der Waals surface area contributed by atoms with Crippen LogP contribution in [0.15, 0.2) is 42.7 Å². The van der Waals surface area contributed by atoms with Crippen molar-refractivity contribution in [3.63, 3.8) is 0 Å². The Labute approximate surface area is 99.1 Å². The Morgan fingerprint density at radius 3 is 2.50 bits per heavy atom. The summed E-state index contributed by atoms with van der Waals surface area (Å²) in [5, 5.41) is 0.283. The van der Waals surface area contributed by atoms with E-state index in [2.05, 4.69) is 9.97 Å². The molecule has 0 aliphatic rings. The molecular formula is C12H11ClN2O. The summed E-state index contributed by atoms with van der Waals surface area (Å²) in [5.74, 6) is 0.362. The van der Waals surface area contributed by atoms with Crippen molar-refractivity contribution in [2.45, 2.75) is 13.0 Å². The number of halogens is 1. The van der Waals surface area contributed by atoms with Crippen LogP contribution in [-0.2, 0) is 0 Å². The monoisotopic (exact) mass is 234 g/mol. The molecule has 1 heterocycles. The number of aromatic nitrogens is 2. The second-order valence-electron chi connectivity index (χ2n) is 3.32. The minimum absolute atomic E-state index is 0.101. The van der Waals surface area contributed by atoms with Crippen molar-refractivity contribution in [3.8, 4) is 5.88 Å². The smallest absolute Gasteiger partial charge is 0.252 e. The Hall–Kier alpha value is -1.61. The minimum Gasteiger partial charge on any atom is -0.468 e. The second kappa shape index (κ2) is 4.94. The zero-order valence-corrected chi connectivity index (χ0v) is 9.56. The first-order valence-electron chi connectivity index (χ1n) is 4.95. The fourth-order valence-electron chi connectivity index (χ4n) is 1.35. The van der Waals surface area contributed by atoms with Gasteiger partial charge in [0.2, 0.25) is 0 Å². The first-order valence-corrected chi connectivity index (χ1v) is 5.33. The van der Waals surface area contributed by atoms with E-state index in [-0.39, 0.29) is 11.3 Å². The van der Waals surface area contributed by atoms with E-state index in [1.165, 1.54) is 6.20 Å². The van der Waals surface area contributed by atoms with Crippen LogP contribution in [0.4, 0.5) is 0 Å². The third-order valence-corrected chi connectivity index (χ3v) is 2.44. The van der Waals surface area contributed by atoms with E-state index < -0.39 is 0 Å². The van der Waals surface area contributed by atoms with Crippen molar-refractivity contribution in [2.24, 2.45) is 0 Å². The third-order valence-electron chi connectivity index (χ3n) is 2.18. The van der Waals surface area contributed by atoms with Crippen molar-refractivity contribution in [3.05, 3.63) is 53.4 Å². The van der Waals surface area contributed by atoms with Gasteiger partial charge >= 0.3 is 0 Å². The molecule has 4 heteroatoms. The molecule has 0 aliphatic heterocycles. The van der Waals surface area contributed by atoms with Gasteiger partial charge in [0.15, 0.2) is 5.15 Å². The zero-order valence-electron chi connectivity index (χ0n) is 8.80. The Balaban J connectivity index is 2.14. The quantitative estimate of drug-likeness (QED) is 0.818. The summed E-state index contributed by atoms with van der Waals surface area (Å²) in [6, 6.07) is 9.89. The van der Waals surface area contributed by atoms with Gasteiger partial charge in [0.05, 0.1) is 0 Å². The first-order chi connectivity index (χ1) is 7.77. The van der Waals surface area contributed by atoms with Gasteiger partial charge in [-0.2, -0.15) is 0 Å². The van der Waals surface area contributed by atoms with E-state index in [0.29, 0.717) is 5.88 Å². The molecule has 0 spiro atoms. The second-order valence-corrected chi connectivity index (χ2v) is 3.68. The maximum Gasteiger partial charge on any atom is 0.252 e. The van der Waals surface area contributed by atoms with E-state index in [1.54, 1.807) is 6.20 Å². The van der Waals surface area contributed by atoms with Crippen LogP contribution in [0.5, 0.6) is 5.88 Å². The van der Waals surface area contributed by atoms with E-state index in [0.717, 1.165) is 5.56 Å². The van der Waals surface area contributed by atoms with Crippen molar-refractivity contribution in [2.75, 3.05) is 0 Å². The van der Waals surface area contributed by atoms with Gasteiger partial charge in [-0.15, -0.1) is 0 Å². The SMILES string of the molecule is CC(Oc1nccnc1Cl)c1ccccc1. The lowest BCUT2D eigenvalue weighted by Gasteiger charge is -2.14. The van der Waals surface area contributed by atoms with E-state index >= 15 is 0 Å². The Morgan fingerprint density at radius 2 is 1.81 bits per heavy atom. The molecule has 1 aromatic carbocycles. The van der Waals surface area contributed by atoms with Crippen LogP contribution >= 0.6 is 11.6 Å². The number of benzene rings is 1. The van der Waals surface area contributed by atoms with Crippen molar-refractivity contribution < 1.29 is 4.74 Å². The fourth-order valence-corrected chi connectivity index (χ4v) is 1.50. The lowest BCUT2D eigenvalue weighted by molar-refractivity contribution is 0.216. The van der Waals surface area contributed by atoms with Gasteiger partial charge in [-0.25, -0.2) is 9.97 Å². The number of ether oxygens (including phenoxy) is 1. The van der Waals surface area contributed by atoms with Gasteiger partial charge in [0.1, 0.15) is 6.10 Å². The number of hydrogen-bond donors (Lipinski definition) is 0. The zero-order chi connectivity index (χ0) is 11.4.